The minimum atomic E-state index is -0.368. The summed E-state index contributed by atoms with van der Waals surface area (Å²) >= 11 is 1.45. The van der Waals surface area contributed by atoms with Crippen LogP contribution in [0, 0.1) is 5.82 Å². The molecule has 0 saturated carbocycles. The maximum absolute atomic E-state index is 13.0. The smallest absolute Gasteiger partial charge is 0.262 e. The highest BCUT2D eigenvalue weighted by Gasteiger charge is 2.12. The molecule has 0 aliphatic heterocycles. The van der Waals surface area contributed by atoms with Gasteiger partial charge in [-0.2, -0.15) is 0 Å². The van der Waals surface area contributed by atoms with Crippen molar-refractivity contribution in [2.24, 2.45) is 5.73 Å². The standard InChI is InChI=1S/C24H26FN3O3S/c25-18-13-11-17(12-14-18)21(29)9-6-16-32-24-27-20-8-4-3-7-19(20)23(31)28(24)15-5-1-2-10-22(26)30/h3-4,7-8,11-14H,1-2,5-6,9-10,15-16H2,(H2,26,30). The van der Waals surface area contributed by atoms with Gasteiger partial charge in [0.05, 0.1) is 10.9 Å². The van der Waals surface area contributed by atoms with E-state index in [1.807, 2.05) is 18.2 Å². The lowest BCUT2D eigenvalue weighted by molar-refractivity contribution is -0.118. The van der Waals surface area contributed by atoms with Crippen molar-refractivity contribution in [3.63, 3.8) is 0 Å². The van der Waals surface area contributed by atoms with Gasteiger partial charge in [0.15, 0.2) is 10.9 Å². The number of rotatable bonds is 12. The number of fused-ring (bicyclic) bond motifs is 1. The molecule has 1 amide bonds. The summed E-state index contributed by atoms with van der Waals surface area (Å²) in [5, 5.41) is 1.19. The number of hydrogen-bond acceptors (Lipinski definition) is 5. The van der Waals surface area contributed by atoms with Crippen molar-refractivity contribution in [3.8, 4) is 0 Å². The third-order valence-electron chi connectivity index (χ3n) is 5.08. The van der Waals surface area contributed by atoms with Crippen LogP contribution in [0.25, 0.3) is 10.9 Å². The van der Waals surface area contributed by atoms with E-state index in [1.54, 1.807) is 10.6 Å². The number of benzene rings is 2. The second-order valence-corrected chi connectivity index (χ2v) is 8.59. The predicted octanol–water partition coefficient (Wildman–Crippen LogP) is 4.34. The van der Waals surface area contributed by atoms with Crippen molar-refractivity contribution in [2.75, 3.05) is 5.75 Å². The number of nitrogens with two attached hydrogens (primary N) is 1. The molecule has 1 aromatic heterocycles. The fourth-order valence-corrected chi connectivity index (χ4v) is 4.34. The van der Waals surface area contributed by atoms with Crippen LogP contribution >= 0.6 is 11.8 Å². The molecule has 0 aliphatic rings. The topological polar surface area (TPSA) is 95.1 Å². The van der Waals surface area contributed by atoms with Crippen LogP contribution in [-0.2, 0) is 11.3 Å². The van der Waals surface area contributed by atoms with Gasteiger partial charge in [-0.3, -0.25) is 19.0 Å². The lowest BCUT2D eigenvalue weighted by atomic mass is 10.1. The second-order valence-electron chi connectivity index (χ2n) is 7.53. The molecule has 0 saturated heterocycles. The van der Waals surface area contributed by atoms with Crippen molar-refractivity contribution >= 4 is 34.4 Å². The molecule has 2 aromatic carbocycles. The number of nitrogens with zero attached hydrogens (tertiary/aromatic N) is 2. The number of Topliss-reactive ketones (excluding diaryl/α,β-unsaturated/α-hetero) is 1. The summed E-state index contributed by atoms with van der Waals surface area (Å²) in [6.45, 7) is 0.506. The summed E-state index contributed by atoms with van der Waals surface area (Å²) < 4.78 is 14.7. The van der Waals surface area contributed by atoms with Crippen molar-refractivity contribution in [2.45, 2.75) is 50.2 Å². The fraction of sp³-hybridized carbons (Fsp3) is 0.333. The van der Waals surface area contributed by atoms with Gasteiger partial charge in [-0.25, -0.2) is 9.37 Å². The van der Waals surface area contributed by atoms with E-state index >= 15 is 0 Å². The third-order valence-corrected chi connectivity index (χ3v) is 6.14. The molecule has 32 heavy (non-hydrogen) atoms. The first-order valence-corrected chi connectivity index (χ1v) is 11.6. The van der Waals surface area contributed by atoms with Crippen molar-refractivity contribution in [3.05, 3.63) is 70.3 Å². The zero-order chi connectivity index (χ0) is 22.9. The second kappa shape index (κ2) is 11.6. The van der Waals surface area contributed by atoms with E-state index in [-0.39, 0.29) is 23.1 Å². The number of carbonyl (C=O) groups excluding carboxylic acids is 2. The number of para-hydroxylation sites is 1. The molecule has 1 heterocycles. The average molecular weight is 456 g/mol. The van der Waals surface area contributed by atoms with Crippen LogP contribution < -0.4 is 11.3 Å². The number of ketones is 1. The number of hydrogen-bond donors (Lipinski definition) is 1. The Bertz CT molecular complexity index is 1150. The Labute approximate surface area is 190 Å². The van der Waals surface area contributed by atoms with Crippen LogP contribution in [0.3, 0.4) is 0 Å². The van der Waals surface area contributed by atoms with Gasteiger partial charge in [-0.1, -0.05) is 30.3 Å². The first-order chi connectivity index (χ1) is 15.5. The summed E-state index contributed by atoms with van der Waals surface area (Å²) in [6, 6.07) is 12.8. The first-order valence-electron chi connectivity index (χ1n) is 10.6. The van der Waals surface area contributed by atoms with Crippen molar-refractivity contribution < 1.29 is 14.0 Å². The zero-order valence-corrected chi connectivity index (χ0v) is 18.6. The molecular formula is C24H26FN3O3S. The maximum atomic E-state index is 13.0. The molecule has 3 aromatic rings. The number of thioether (sulfide) groups is 1. The summed E-state index contributed by atoms with van der Waals surface area (Å²) in [6.07, 6.45) is 3.52. The van der Waals surface area contributed by atoms with Gasteiger partial charge >= 0.3 is 0 Å². The number of aromatic nitrogens is 2. The van der Waals surface area contributed by atoms with Gasteiger partial charge in [0.1, 0.15) is 5.82 Å². The van der Waals surface area contributed by atoms with Crippen LogP contribution in [-0.4, -0.2) is 27.0 Å². The normalized spacial score (nSPS) is 11.0. The minimum Gasteiger partial charge on any atom is -0.370 e. The maximum Gasteiger partial charge on any atom is 0.262 e. The van der Waals surface area contributed by atoms with Crippen molar-refractivity contribution in [1.82, 2.24) is 9.55 Å². The largest absolute Gasteiger partial charge is 0.370 e. The van der Waals surface area contributed by atoms with E-state index in [2.05, 4.69) is 4.98 Å². The zero-order valence-electron chi connectivity index (χ0n) is 17.8. The van der Waals surface area contributed by atoms with Crippen LogP contribution in [0.4, 0.5) is 4.39 Å². The Morgan fingerprint density at radius 2 is 1.72 bits per heavy atom. The molecule has 0 fully saturated rings. The molecule has 3 rings (SSSR count). The van der Waals surface area contributed by atoms with Crippen LogP contribution in [0.5, 0.6) is 0 Å². The molecule has 0 spiro atoms. The number of unbranched alkanes of at least 4 members (excludes halogenated alkanes) is 2. The quantitative estimate of drug-likeness (QED) is 0.190. The van der Waals surface area contributed by atoms with Gasteiger partial charge in [-0.15, -0.1) is 0 Å². The minimum absolute atomic E-state index is 0.0380. The Kier molecular flexibility index (Phi) is 8.56. The van der Waals surface area contributed by atoms with Gasteiger partial charge in [0, 0.05) is 30.7 Å². The van der Waals surface area contributed by atoms with Gasteiger partial charge < -0.3 is 5.73 Å². The van der Waals surface area contributed by atoms with Crippen LogP contribution in [0.1, 0.15) is 48.9 Å². The van der Waals surface area contributed by atoms with Crippen LogP contribution in [0.2, 0.25) is 0 Å². The van der Waals surface area contributed by atoms with Gasteiger partial charge in [0.25, 0.3) is 5.56 Å². The van der Waals surface area contributed by atoms with Gasteiger partial charge in [-0.05, 0) is 55.7 Å². The summed E-state index contributed by atoms with van der Waals surface area (Å²) in [5.41, 5.74) is 6.23. The van der Waals surface area contributed by atoms with Crippen molar-refractivity contribution in [1.29, 1.82) is 0 Å². The molecule has 8 heteroatoms. The highest BCUT2D eigenvalue weighted by molar-refractivity contribution is 7.99. The Morgan fingerprint density at radius 1 is 0.969 bits per heavy atom. The molecule has 168 valence electrons. The molecule has 0 radical (unpaired) electrons. The Morgan fingerprint density at radius 3 is 2.47 bits per heavy atom. The van der Waals surface area contributed by atoms with E-state index in [0.29, 0.717) is 59.6 Å². The number of carbonyl (C=O) groups is 2. The monoisotopic (exact) mass is 455 g/mol. The predicted molar refractivity (Wildman–Crippen MR) is 124 cm³/mol. The van der Waals surface area contributed by atoms with Gasteiger partial charge in [0.2, 0.25) is 5.91 Å². The lowest BCUT2D eigenvalue weighted by Crippen LogP contribution is -2.23. The molecular weight excluding hydrogens is 429 g/mol. The first kappa shape index (κ1) is 23.7. The summed E-state index contributed by atoms with van der Waals surface area (Å²) in [4.78, 5) is 40.9. The third kappa shape index (κ3) is 6.50. The average Bonchev–Trinajstić information content (AvgIpc) is 2.78. The molecule has 0 aliphatic carbocycles. The molecule has 6 nitrogen and oxygen atoms in total. The summed E-state index contributed by atoms with van der Waals surface area (Å²) in [5.74, 6) is -0.101. The van der Waals surface area contributed by atoms with E-state index in [9.17, 15) is 18.8 Å². The SMILES string of the molecule is NC(=O)CCCCCn1c(SCCCC(=O)c2ccc(F)cc2)nc2ccccc2c1=O. The Balaban J connectivity index is 1.64. The van der Waals surface area contributed by atoms with Crippen LogP contribution in [0.15, 0.2) is 58.5 Å². The van der Waals surface area contributed by atoms with E-state index < -0.39 is 0 Å². The number of amides is 1. The highest BCUT2D eigenvalue weighted by atomic mass is 32.2. The van der Waals surface area contributed by atoms with E-state index in [1.165, 1.54) is 36.0 Å². The fourth-order valence-electron chi connectivity index (χ4n) is 3.38. The molecule has 0 atom stereocenters. The number of primary amides is 1. The Hall–Kier alpha value is -3.00. The highest BCUT2D eigenvalue weighted by Crippen LogP contribution is 2.20. The molecule has 0 bridgehead atoms. The molecule has 2 N–H and O–H groups in total. The van der Waals surface area contributed by atoms with E-state index in [4.69, 9.17) is 5.73 Å². The van der Waals surface area contributed by atoms with E-state index in [0.717, 1.165) is 12.8 Å². The number of halogens is 1. The summed E-state index contributed by atoms with van der Waals surface area (Å²) in [7, 11) is 0. The lowest BCUT2D eigenvalue weighted by Gasteiger charge is -2.13. The molecule has 0 unspecified atom stereocenters.